The summed E-state index contributed by atoms with van der Waals surface area (Å²) in [5, 5.41) is 1.78. The van der Waals surface area contributed by atoms with Gasteiger partial charge in [-0.3, -0.25) is 0 Å². The summed E-state index contributed by atoms with van der Waals surface area (Å²) in [4.78, 5) is 11.1. The van der Waals surface area contributed by atoms with Crippen molar-refractivity contribution in [1.82, 2.24) is 15.0 Å². The first-order chi connectivity index (χ1) is 7.55. The highest BCUT2D eigenvalue weighted by atomic mass is 32.2. The maximum Gasteiger partial charge on any atom is 0.433 e. The monoisotopic (exact) mass is 263 g/mol. The van der Waals surface area contributed by atoms with Crippen LogP contribution in [0.2, 0.25) is 0 Å². The summed E-state index contributed by atoms with van der Waals surface area (Å²) >= 11 is 2.33. The second kappa shape index (κ2) is 4.38. The third kappa shape index (κ3) is 2.70. The maximum absolute atomic E-state index is 12.3. The van der Waals surface area contributed by atoms with Crippen LogP contribution >= 0.6 is 23.1 Å². The van der Waals surface area contributed by atoms with Gasteiger partial charge in [-0.15, -0.1) is 11.3 Å². The molecule has 0 N–H and O–H groups in total. The predicted molar refractivity (Wildman–Crippen MR) is 53.3 cm³/mol. The van der Waals surface area contributed by atoms with Gasteiger partial charge in [0.2, 0.25) is 0 Å². The third-order valence-electron chi connectivity index (χ3n) is 1.51. The molecule has 0 saturated heterocycles. The Balaban J connectivity index is 2.23. The summed E-state index contributed by atoms with van der Waals surface area (Å²) in [6, 6.07) is 0.839. The topological polar surface area (TPSA) is 38.7 Å². The molecule has 0 aliphatic carbocycles. The largest absolute Gasteiger partial charge is 0.433 e. The van der Waals surface area contributed by atoms with Crippen molar-refractivity contribution in [2.75, 3.05) is 0 Å². The van der Waals surface area contributed by atoms with Crippen molar-refractivity contribution in [2.24, 2.45) is 0 Å². The van der Waals surface area contributed by atoms with Gasteiger partial charge in [-0.2, -0.15) is 13.2 Å². The summed E-state index contributed by atoms with van der Waals surface area (Å²) in [6.45, 7) is 0. The highest BCUT2D eigenvalue weighted by Gasteiger charge is 2.32. The minimum Gasteiger partial charge on any atom is -0.238 e. The Morgan fingerprint density at radius 3 is 2.62 bits per heavy atom. The molecule has 0 fully saturated rings. The zero-order chi connectivity index (χ0) is 11.6. The molecule has 0 unspecified atom stereocenters. The molecule has 0 aromatic carbocycles. The number of hydrogen-bond acceptors (Lipinski definition) is 5. The van der Waals surface area contributed by atoms with Gasteiger partial charge in [0.25, 0.3) is 0 Å². The number of rotatable bonds is 2. The van der Waals surface area contributed by atoms with Crippen molar-refractivity contribution >= 4 is 23.1 Å². The van der Waals surface area contributed by atoms with Crippen LogP contribution in [0.5, 0.6) is 0 Å². The molecule has 0 spiro atoms. The fraction of sp³-hybridized carbons (Fsp3) is 0.125. The van der Waals surface area contributed by atoms with E-state index < -0.39 is 11.9 Å². The van der Waals surface area contributed by atoms with Crippen LogP contribution in [-0.2, 0) is 6.18 Å². The Morgan fingerprint density at radius 1 is 1.19 bits per heavy atom. The summed E-state index contributed by atoms with van der Waals surface area (Å²) in [7, 11) is 0. The molecule has 2 rings (SSSR count). The molecule has 84 valence electrons. The molecule has 0 saturated carbocycles. The summed E-state index contributed by atoms with van der Waals surface area (Å²) in [6.07, 6.45) is -1.78. The first-order valence-corrected chi connectivity index (χ1v) is 5.73. The van der Waals surface area contributed by atoms with Crippen LogP contribution in [-0.4, -0.2) is 15.0 Å². The standard InChI is InChI=1S/C8H4F3N3S2/c9-8(10,11)5-1-2-12-6(14-5)16-7-13-3-4-15-7/h1-4H. The number of thiazole rings is 1. The fourth-order valence-corrected chi connectivity index (χ4v) is 2.36. The molecule has 16 heavy (non-hydrogen) atoms. The van der Waals surface area contributed by atoms with E-state index in [0.717, 1.165) is 24.0 Å². The first-order valence-electron chi connectivity index (χ1n) is 4.03. The van der Waals surface area contributed by atoms with Gasteiger partial charge < -0.3 is 0 Å². The van der Waals surface area contributed by atoms with E-state index in [4.69, 9.17) is 0 Å². The average Bonchev–Trinajstić information content (AvgIpc) is 2.70. The Bertz CT molecular complexity index is 470. The van der Waals surface area contributed by atoms with Crippen LogP contribution in [0, 0.1) is 0 Å². The number of aromatic nitrogens is 3. The van der Waals surface area contributed by atoms with Gasteiger partial charge in [-0.05, 0) is 17.8 Å². The predicted octanol–water partition coefficient (Wildman–Crippen LogP) is 3.10. The third-order valence-corrected chi connectivity index (χ3v) is 3.27. The van der Waals surface area contributed by atoms with Crippen LogP contribution < -0.4 is 0 Å². The smallest absolute Gasteiger partial charge is 0.238 e. The number of hydrogen-bond donors (Lipinski definition) is 0. The van der Waals surface area contributed by atoms with Crippen molar-refractivity contribution in [3.05, 3.63) is 29.5 Å². The van der Waals surface area contributed by atoms with E-state index in [9.17, 15) is 13.2 Å². The first kappa shape index (κ1) is 11.3. The van der Waals surface area contributed by atoms with Gasteiger partial charge in [0.1, 0.15) is 5.69 Å². The van der Waals surface area contributed by atoms with Gasteiger partial charge in [0.05, 0.1) is 0 Å². The second-order valence-corrected chi connectivity index (χ2v) is 4.73. The van der Waals surface area contributed by atoms with E-state index in [-0.39, 0.29) is 5.16 Å². The van der Waals surface area contributed by atoms with Gasteiger partial charge in [-0.25, -0.2) is 15.0 Å². The van der Waals surface area contributed by atoms with Crippen molar-refractivity contribution in [3.8, 4) is 0 Å². The number of halogens is 3. The summed E-state index contributed by atoms with van der Waals surface area (Å²) in [5.74, 6) is 0. The number of nitrogens with zero attached hydrogens (tertiary/aromatic N) is 3. The van der Waals surface area contributed by atoms with Crippen LogP contribution in [0.15, 0.2) is 33.3 Å². The van der Waals surface area contributed by atoms with Gasteiger partial charge >= 0.3 is 6.18 Å². The molecule has 0 bridgehead atoms. The molecule has 2 aromatic heterocycles. The van der Waals surface area contributed by atoms with E-state index in [1.807, 2.05) is 0 Å². The van der Waals surface area contributed by atoms with E-state index in [1.54, 1.807) is 11.6 Å². The van der Waals surface area contributed by atoms with Crippen molar-refractivity contribution in [1.29, 1.82) is 0 Å². The highest BCUT2D eigenvalue weighted by molar-refractivity contribution is 8.00. The molecule has 3 nitrogen and oxygen atoms in total. The molecule has 0 amide bonds. The SMILES string of the molecule is FC(F)(F)c1ccnc(Sc2nccs2)n1. The lowest BCUT2D eigenvalue weighted by molar-refractivity contribution is -0.141. The quantitative estimate of drug-likeness (QED) is 0.780. The second-order valence-electron chi connectivity index (χ2n) is 2.62. The molecule has 2 heterocycles. The minimum atomic E-state index is -4.44. The molecule has 0 atom stereocenters. The minimum absolute atomic E-state index is 0.0461. The van der Waals surface area contributed by atoms with E-state index >= 15 is 0 Å². The van der Waals surface area contributed by atoms with Crippen molar-refractivity contribution in [3.63, 3.8) is 0 Å². The van der Waals surface area contributed by atoms with Gasteiger partial charge in [-0.1, -0.05) is 0 Å². The zero-order valence-electron chi connectivity index (χ0n) is 7.60. The van der Waals surface area contributed by atoms with Gasteiger partial charge in [0, 0.05) is 17.8 Å². The van der Waals surface area contributed by atoms with Crippen LogP contribution in [0.25, 0.3) is 0 Å². The van der Waals surface area contributed by atoms with Crippen LogP contribution in [0.1, 0.15) is 5.69 Å². The molecular formula is C8H4F3N3S2. The maximum atomic E-state index is 12.3. The Labute approximate surface area is 96.8 Å². The van der Waals surface area contributed by atoms with E-state index in [2.05, 4.69) is 15.0 Å². The normalized spacial score (nSPS) is 11.7. The molecule has 2 aromatic rings. The molecular weight excluding hydrogens is 259 g/mol. The average molecular weight is 263 g/mol. The van der Waals surface area contributed by atoms with Crippen LogP contribution in [0.3, 0.4) is 0 Å². The van der Waals surface area contributed by atoms with E-state index in [1.165, 1.54) is 11.3 Å². The fourth-order valence-electron chi connectivity index (χ4n) is 0.887. The lowest BCUT2D eigenvalue weighted by Gasteiger charge is -2.05. The summed E-state index contributed by atoms with van der Waals surface area (Å²) < 4.78 is 37.6. The van der Waals surface area contributed by atoms with Crippen molar-refractivity contribution in [2.45, 2.75) is 15.7 Å². The Kier molecular flexibility index (Phi) is 3.10. The Morgan fingerprint density at radius 2 is 2.00 bits per heavy atom. The zero-order valence-corrected chi connectivity index (χ0v) is 9.23. The van der Waals surface area contributed by atoms with E-state index in [0.29, 0.717) is 4.34 Å². The molecule has 0 aliphatic rings. The molecule has 8 heteroatoms. The highest BCUT2D eigenvalue weighted by Crippen LogP contribution is 2.30. The molecule has 0 aliphatic heterocycles. The lowest BCUT2D eigenvalue weighted by atomic mass is 10.4. The molecule has 0 radical (unpaired) electrons. The van der Waals surface area contributed by atoms with Crippen molar-refractivity contribution < 1.29 is 13.2 Å². The van der Waals surface area contributed by atoms with Crippen LogP contribution in [0.4, 0.5) is 13.2 Å². The van der Waals surface area contributed by atoms with Gasteiger partial charge in [0.15, 0.2) is 9.50 Å². The number of alkyl halides is 3. The lowest BCUT2D eigenvalue weighted by Crippen LogP contribution is -2.08. The summed E-state index contributed by atoms with van der Waals surface area (Å²) in [5.41, 5.74) is -0.943. The Hall–Kier alpha value is -1.15.